The molecule has 90 valence electrons. The summed E-state index contributed by atoms with van der Waals surface area (Å²) in [6.07, 6.45) is 1.28. The molecule has 2 heterocycles. The molecule has 0 saturated carbocycles. The Morgan fingerprint density at radius 3 is 2.88 bits per heavy atom. The molecular weight excluding hydrogens is 222 g/mol. The van der Waals surface area contributed by atoms with E-state index in [4.69, 9.17) is 0 Å². The van der Waals surface area contributed by atoms with Crippen LogP contribution >= 0.6 is 0 Å². The average Bonchev–Trinajstić information content (AvgIpc) is 2.28. The van der Waals surface area contributed by atoms with E-state index >= 15 is 0 Å². The fraction of sp³-hybridized carbons (Fsp3) is 0.455. The van der Waals surface area contributed by atoms with Gasteiger partial charge in [-0.3, -0.25) is 14.9 Å². The van der Waals surface area contributed by atoms with Crippen LogP contribution in [0.4, 0.5) is 11.5 Å². The van der Waals surface area contributed by atoms with Gasteiger partial charge in [0.05, 0.1) is 11.5 Å². The molecule has 0 radical (unpaired) electrons. The van der Waals surface area contributed by atoms with Gasteiger partial charge >= 0.3 is 5.69 Å². The van der Waals surface area contributed by atoms with Crippen LogP contribution in [0.25, 0.3) is 0 Å². The van der Waals surface area contributed by atoms with E-state index in [1.807, 2.05) is 0 Å². The first kappa shape index (κ1) is 11.5. The van der Waals surface area contributed by atoms with E-state index < -0.39 is 4.92 Å². The molecule has 1 aromatic heterocycles. The third-order valence-corrected chi connectivity index (χ3v) is 2.74. The highest BCUT2D eigenvalue weighted by molar-refractivity contribution is 5.85. The van der Waals surface area contributed by atoms with Gasteiger partial charge in [-0.1, -0.05) is 0 Å². The fourth-order valence-corrected chi connectivity index (χ4v) is 1.93. The number of rotatable bonds is 2. The van der Waals surface area contributed by atoms with Crippen molar-refractivity contribution in [1.29, 1.82) is 0 Å². The van der Waals surface area contributed by atoms with Crippen LogP contribution < -0.4 is 4.90 Å². The molecule has 0 atom stereocenters. The van der Waals surface area contributed by atoms with Crippen LogP contribution in [0.5, 0.6) is 0 Å². The fourth-order valence-electron chi connectivity index (χ4n) is 1.93. The number of carbonyl (C=O) groups is 1. The predicted octanol–water partition coefficient (Wildman–Crippen LogP) is 1.47. The molecule has 1 aromatic rings. The normalized spacial score (nSPS) is 16.1. The largest absolute Gasteiger partial charge is 0.344 e. The molecule has 0 N–H and O–H groups in total. The van der Waals surface area contributed by atoms with E-state index in [2.05, 4.69) is 4.98 Å². The van der Waals surface area contributed by atoms with Gasteiger partial charge in [0.25, 0.3) is 0 Å². The van der Waals surface area contributed by atoms with Crippen molar-refractivity contribution in [2.75, 3.05) is 18.0 Å². The molecule has 1 aliphatic heterocycles. The smallest absolute Gasteiger partial charge is 0.311 e. The van der Waals surface area contributed by atoms with Crippen molar-refractivity contribution < 1.29 is 9.72 Å². The molecule has 1 aliphatic rings. The van der Waals surface area contributed by atoms with Gasteiger partial charge < -0.3 is 4.90 Å². The molecule has 1 fully saturated rings. The van der Waals surface area contributed by atoms with Crippen molar-refractivity contribution in [3.05, 3.63) is 27.9 Å². The van der Waals surface area contributed by atoms with E-state index in [-0.39, 0.29) is 18.0 Å². The zero-order chi connectivity index (χ0) is 12.4. The van der Waals surface area contributed by atoms with Gasteiger partial charge in [-0.2, -0.15) is 0 Å². The number of aromatic nitrogens is 1. The number of anilines is 1. The number of nitrogens with zero attached hydrogens (tertiary/aromatic N) is 3. The Kier molecular flexibility index (Phi) is 3.03. The van der Waals surface area contributed by atoms with Crippen LogP contribution in [0.2, 0.25) is 0 Å². The first-order valence-corrected chi connectivity index (χ1v) is 5.46. The lowest BCUT2D eigenvalue weighted by Gasteiger charge is -2.26. The van der Waals surface area contributed by atoms with Crippen molar-refractivity contribution in [3.63, 3.8) is 0 Å². The minimum Gasteiger partial charge on any atom is -0.344 e. The van der Waals surface area contributed by atoms with Gasteiger partial charge in [-0.05, 0) is 19.4 Å². The number of ketones is 1. The van der Waals surface area contributed by atoms with Crippen molar-refractivity contribution >= 4 is 17.3 Å². The molecule has 6 nitrogen and oxygen atoms in total. The molecule has 0 aliphatic carbocycles. The summed E-state index contributed by atoms with van der Waals surface area (Å²) in [5.41, 5.74) is 0.675. The highest BCUT2D eigenvalue weighted by Gasteiger charge is 2.25. The van der Waals surface area contributed by atoms with Crippen molar-refractivity contribution in [3.8, 4) is 0 Å². The maximum atomic E-state index is 11.4. The molecule has 0 spiro atoms. The zero-order valence-corrected chi connectivity index (χ0v) is 9.55. The second-order valence-electron chi connectivity index (χ2n) is 4.12. The molecule has 0 unspecified atom stereocenters. The summed E-state index contributed by atoms with van der Waals surface area (Å²) < 4.78 is 0. The van der Waals surface area contributed by atoms with Crippen LogP contribution in [0, 0.1) is 17.0 Å². The minimum atomic E-state index is -0.457. The first-order valence-electron chi connectivity index (χ1n) is 5.46. The van der Waals surface area contributed by atoms with Crippen LogP contribution in [-0.2, 0) is 4.79 Å². The third-order valence-electron chi connectivity index (χ3n) is 2.74. The maximum Gasteiger partial charge on any atom is 0.311 e. The number of nitro groups is 1. The molecule has 17 heavy (non-hydrogen) atoms. The Morgan fingerprint density at radius 1 is 1.47 bits per heavy atom. The summed E-state index contributed by atoms with van der Waals surface area (Å²) in [6.45, 7) is 2.64. The standard InChI is InChI=1S/C11H13N3O3/c1-8-4-5-10(14(16)17)11(12-8)13-6-2-3-9(15)7-13/h4-5H,2-3,6-7H2,1H3. The third kappa shape index (κ3) is 2.41. The second kappa shape index (κ2) is 4.48. The summed E-state index contributed by atoms with van der Waals surface area (Å²) in [5.74, 6) is 0.414. The topological polar surface area (TPSA) is 76.3 Å². The van der Waals surface area contributed by atoms with Gasteiger partial charge in [-0.15, -0.1) is 0 Å². The van der Waals surface area contributed by atoms with E-state index in [1.54, 1.807) is 17.9 Å². The number of hydrogen-bond donors (Lipinski definition) is 0. The highest BCUT2D eigenvalue weighted by Crippen LogP contribution is 2.27. The van der Waals surface area contributed by atoms with E-state index in [0.29, 0.717) is 24.5 Å². The Labute approximate surface area is 98.4 Å². The summed E-state index contributed by atoms with van der Waals surface area (Å²) in [4.78, 5) is 27.7. The van der Waals surface area contributed by atoms with Gasteiger partial charge in [0.1, 0.15) is 0 Å². The van der Waals surface area contributed by atoms with Crippen LogP contribution in [0.15, 0.2) is 12.1 Å². The van der Waals surface area contributed by atoms with Crippen molar-refractivity contribution in [2.24, 2.45) is 0 Å². The highest BCUT2D eigenvalue weighted by atomic mass is 16.6. The van der Waals surface area contributed by atoms with Gasteiger partial charge in [0.2, 0.25) is 5.82 Å². The van der Waals surface area contributed by atoms with Crippen molar-refractivity contribution in [2.45, 2.75) is 19.8 Å². The summed E-state index contributed by atoms with van der Waals surface area (Å²) in [5, 5.41) is 10.9. The maximum absolute atomic E-state index is 11.4. The van der Waals surface area contributed by atoms with Gasteiger partial charge in [0, 0.05) is 24.7 Å². The van der Waals surface area contributed by atoms with Crippen molar-refractivity contribution in [1.82, 2.24) is 4.98 Å². The van der Waals surface area contributed by atoms with E-state index in [1.165, 1.54) is 6.07 Å². The number of carbonyl (C=O) groups excluding carboxylic acids is 1. The molecule has 1 saturated heterocycles. The predicted molar refractivity (Wildman–Crippen MR) is 62.1 cm³/mol. The SMILES string of the molecule is Cc1ccc([N+](=O)[O-])c(N2CCCC(=O)C2)n1. The van der Waals surface area contributed by atoms with E-state index in [0.717, 1.165) is 6.42 Å². The molecule has 2 rings (SSSR count). The lowest BCUT2D eigenvalue weighted by Crippen LogP contribution is -2.36. The second-order valence-corrected chi connectivity index (χ2v) is 4.12. The number of hydrogen-bond acceptors (Lipinski definition) is 5. The summed E-state index contributed by atoms with van der Waals surface area (Å²) in [6, 6.07) is 3.05. The lowest BCUT2D eigenvalue weighted by molar-refractivity contribution is -0.384. The van der Waals surface area contributed by atoms with Gasteiger partial charge in [0.15, 0.2) is 5.78 Å². The number of pyridine rings is 1. The summed E-state index contributed by atoms with van der Waals surface area (Å²) in [7, 11) is 0. The average molecular weight is 235 g/mol. The van der Waals surface area contributed by atoms with Gasteiger partial charge in [-0.25, -0.2) is 4.98 Å². The summed E-state index contributed by atoms with van der Waals surface area (Å²) >= 11 is 0. The quantitative estimate of drug-likeness (QED) is 0.573. The molecule has 6 heteroatoms. The number of piperidine rings is 1. The first-order chi connectivity index (χ1) is 8.08. The Hall–Kier alpha value is -1.98. The van der Waals surface area contributed by atoms with Crippen LogP contribution in [0.3, 0.4) is 0 Å². The molecular formula is C11H13N3O3. The zero-order valence-electron chi connectivity index (χ0n) is 9.55. The number of Topliss-reactive ketones (excluding diaryl/α,β-unsaturated/α-hetero) is 1. The lowest BCUT2D eigenvalue weighted by atomic mass is 10.1. The Bertz CT molecular complexity index is 473. The van der Waals surface area contributed by atoms with Crippen LogP contribution in [0.1, 0.15) is 18.5 Å². The van der Waals surface area contributed by atoms with E-state index in [9.17, 15) is 14.9 Å². The molecule has 0 amide bonds. The minimum absolute atomic E-state index is 0.0368. The Morgan fingerprint density at radius 2 is 2.24 bits per heavy atom. The van der Waals surface area contributed by atoms with Crippen LogP contribution in [-0.4, -0.2) is 28.8 Å². The Balaban J connectivity index is 2.38. The molecule has 0 aromatic carbocycles. The molecule has 0 bridgehead atoms. The monoisotopic (exact) mass is 235 g/mol. The number of aryl methyl sites for hydroxylation is 1.